The van der Waals surface area contributed by atoms with Gasteiger partial charge in [0.05, 0.1) is 11.0 Å². The Morgan fingerprint density at radius 3 is 1.79 bits per heavy atom. The summed E-state index contributed by atoms with van der Waals surface area (Å²) in [6, 6.07) is 59.2. The van der Waals surface area contributed by atoms with Crippen LogP contribution >= 0.6 is 0 Å². The molecular weight excluding hydrogens is 848 g/mol. The van der Waals surface area contributed by atoms with Crippen molar-refractivity contribution in [2.45, 2.75) is 87.9 Å². The average molecular weight is 903 g/mol. The van der Waals surface area contributed by atoms with Crippen LogP contribution in [-0.4, -0.2) is 11.4 Å². The molecule has 0 saturated heterocycles. The molecule has 8 fully saturated rings. The second kappa shape index (κ2) is 13.3. The lowest BCUT2D eigenvalue weighted by Gasteiger charge is -2.57. The molecule has 70 heavy (non-hydrogen) atoms. The van der Waals surface area contributed by atoms with E-state index >= 15 is 0 Å². The van der Waals surface area contributed by atoms with Crippen LogP contribution in [0.15, 0.2) is 156 Å². The van der Waals surface area contributed by atoms with E-state index in [-0.39, 0.29) is 12.3 Å². The van der Waals surface area contributed by atoms with Gasteiger partial charge in [0.25, 0.3) is 0 Å². The van der Waals surface area contributed by atoms with E-state index in [1.54, 1.807) is 11.1 Å². The number of furan rings is 1. The van der Waals surface area contributed by atoms with Crippen LogP contribution in [-0.2, 0) is 10.8 Å². The highest BCUT2D eigenvalue weighted by Gasteiger charge is 2.54. The summed E-state index contributed by atoms with van der Waals surface area (Å²) in [7, 11) is 0. The quantitative estimate of drug-likeness (QED) is 0.164. The fraction of sp³-hybridized carbons (Fsp3) is 0.303. The van der Waals surface area contributed by atoms with Gasteiger partial charge in [-0.25, -0.2) is 0 Å². The summed E-state index contributed by atoms with van der Waals surface area (Å²) in [6.45, 7) is -0.0744. The van der Waals surface area contributed by atoms with Crippen LogP contribution in [0.25, 0.3) is 82.5 Å². The van der Waals surface area contributed by atoms with E-state index in [2.05, 4.69) is 161 Å². The molecule has 0 atom stereocenters. The molecule has 4 heteroatoms. The standard InChI is InChI=1S/C66H55BN2O/c1-2-8-44(9-3-1)45-14-18-49(19-15-45)69-57-20-16-46-10-4-5-11-50(46)60(57)61-62-58(31-54-51-12-6-7-13-59(51)70-64(54)61)68-56-21-17-47(65-32-38-22-39(33-65)24-40(23-38)34-65)28-52(56)53-29-48(30-55(63(53)68)67(62)69)66-35-41-25-42(36-66)27-43(26-41)37-66/h1-21,28-31,38-43H,22-27,32-37H2. The molecule has 0 amide bonds. The molecule has 0 unspecified atom stereocenters. The van der Waals surface area contributed by atoms with Gasteiger partial charge in [-0.2, -0.15) is 0 Å². The van der Waals surface area contributed by atoms with Crippen molar-refractivity contribution in [2.75, 3.05) is 4.81 Å². The molecule has 8 bridgehead atoms. The Morgan fingerprint density at radius 1 is 0.457 bits per heavy atom. The zero-order chi connectivity index (χ0) is 45.2. The molecule has 10 aromatic rings. The second-order valence-electron chi connectivity index (χ2n) is 24.5. The van der Waals surface area contributed by atoms with Crippen LogP contribution < -0.4 is 15.7 Å². The molecular formula is C66H55BN2O. The van der Waals surface area contributed by atoms with Crippen molar-refractivity contribution in [3.63, 3.8) is 0 Å². The Kier molecular flexibility index (Phi) is 7.25. The molecule has 0 radical (unpaired) electrons. The number of hydrogen-bond acceptors (Lipinski definition) is 2. The van der Waals surface area contributed by atoms with E-state index in [1.165, 1.54) is 171 Å². The van der Waals surface area contributed by atoms with E-state index < -0.39 is 0 Å². The van der Waals surface area contributed by atoms with Crippen molar-refractivity contribution in [2.24, 2.45) is 35.5 Å². The van der Waals surface area contributed by atoms with Crippen LogP contribution in [0.3, 0.4) is 0 Å². The number of rotatable bonds is 4. The Bertz CT molecular complexity index is 3860. The summed E-state index contributed by atoms with van der Waals surface area (Å²) in [5, 5.41) is 7.88. The van der Waals surface area contributed by atoms with E-state index in [1.807, 2.05) is 0 Å². The van der Waals surface area contributed by atoms with E-state index in [0.717, 1.165) is 46.7 Å². The van der Waals surface area contributed by atoms with Crippen molar-refractivity contribution in [1.82, 2.24) is 4.57 Å². The SMILES string of the molecule is c1ccc(-c2ccc(N3B4c5c(cc6c(oc7ccccc76)c5-c5c3ccc3ccccc53)-n3c5ccc(C67CC8CC(CC(C8)C6)C7)cc5c5cc(C67CC8CC(CC(C8)C6)C7)cc4c53)cc2)cc1. The summed E-state index contributed by atoms with van der Waals surface area (Å²) in [4.78, 5) is 2.76. The maximum absolute atomic E-state index is 7.26. The van der Waals surface area contributed by atoms with Crippen LogP contribution in [0.5, 0.6) is 0 Å². The molecule has 8 aromatic carbocycles. The van der Waals surface area contributed by atoms with Gasteiger partial charge < -0.3 is 13.8 Å². The minimum Gasteiger partial charge on any atom is -0.455 e. The van der Waals surface area contributed by atoms with Gasteiger partial charge in [0.1, 0.15) is 11.2 Å². The first-order valence-corrected chi connectivity index (χ1v) is 27.1. The van der Waals surface area contributed by atoms with Gasteiger partial charge in [-0.1, -0.05) is 103 Å². The number of fused-ring (bicyclic) bond motifs is 13. The number of aromatic nitrogens is 1. The fourth-order valence-electron chi connectivity index (χ4n) is 18.8. The van der Waals surface area contributed by atoms with Crippen LogP contribution in [0, 0.1) is 35.5 Å². The van der Waals surface area contributed by atoms with E-state index in [9.17, 15) is 0 Å². The highest BCUT2D eigenvalue weighted by Crippen LogP contribution is 2.63. The molecule has 0 spiro atoms. The Labute approximate surface area is 409 Å². The summed E-state index contributed by atoms with van der Waals surface area (Å²) >= 11 is 0. The third kappa shape index (κ3) is 4.94. The lowest BCUT2D eigenvalue weighted by atomic mass is 9.42. The molecule has 2 aliphatic heterocycles. The zero-order valence-corrected chi connectivity index (χ0v) is 39.8. The van der Waals surface area contributed by atoms with Gasteiger partial charge in [-0.05, 0) is 216 Å². The largest absolute Gasteiger partial charge is 0.455 e. The molecule has 0 N–H and O–H groups in total. The fourth-order valence-corrected chi connectivity index (χ4v) is 18.8. The Morgan fingerprint density at radius 2 is 1.07 bits per heavy atom. The van der Waals surface area contributed by atoms with Crippen molar-refractivity contribution < 1.29 is 4.42 Å². The van der Waals surface area contributed by atoms with Gasteiger partial charge in [-0.15, -0.1) is 0 Å². The lowest BCUT2D eigenvalue weighted by Crippen LogP contribution is -2.61. The second-order valence-corrected chi connectivity index (χ2v) is 24.5. The lowest BCUT2D eigenvalue weighted by molar-refractivity contribution is -0.00526. The number of benzene rings is 8. The molecule has 4 heterocycles. The summed E-state index contributed by atoms with van der Waals surface area (Å²) in [5.74, 6) is 5.32. The third-order valence-corrected chi connectivity index (χ3v) is 20.6. The van der Waals surface area contributed by atoms with Crippen molar-refractivity contribution in [3.8, 4) is 27.9 Å². The normalized spacial score (nSPS) is 28.5. The monoisotopic (exact) mass is 902 g/mol. The van der Waals surface area contributed by atoms with Gasteiger partial charge in [0, 0.05) is 49.7 Å². The Balaban J connectivity index is 0.983. The van der Waals surface area contributed by atoms with Gasteiger partial charge in [0.15, 0.2) is 0 Å². The zero-order valence-electron chi connectivity index (χ0n) is 39.8. The van der Waals surface area contributed by atoms with Crippen molar-refractivity contribution in [1.29, 1.82) is 0 Å². The minimum absolute atomic E-state index is 0.0744. The smallest absolute Gasteiger partial charge is 0.333 e. The minimum atomic E-state index is -0.0744. The maximum atomic E-state index is 7.26. The van der Waals surface area contributed by atoms with Gasteiger partial charge in [0.2, 0.25) is 0 Å². The Hall–Kier alpha value is -6.52. The predicted octanol–water partition coefficient (Wildman–Crippen LogP) is 15.7. The molecule has 20 rings (SSSR count). The predicted molar refractivity (Wildman–Crippen MR) is 290 cm³/mol. The highest BCUT2D eigenvalue weighted by molar-refractivity contribution is 6.94. The number of para-hydroxylation sites is 1. The number of nitrogens with zero attached hydrogens (tertiary/aromatic N) is 2. The van der Waals surface area contributed by atoms with Crippen LogP contribution in [0.2, 0.25) is 0 Å². The molecule has 8 aliphatic carbocycles. The first-order chi connectivity index (χ1) is 34.5. The highest BCUT2D eigenvalue weighted by atomic mass is 16.3. The van der Waals surface area contributed by atoms with Gasteiger partial charge in [-0.3, -0.25) is 0 Å². The summed E-state index contributed by atoms with van der Waals surface area (Å²) < 4.78 is 10.0. The van der Waals surface area contributed by atoms with Crippen molar-refractivity contribution in [3.05, 3.63) is 163 Å². The average Bonchev–Trinajstić information content (AvgIpc) is 3.93. The van der Waals surface area contributed by atoms with Crippen molar-refractivity contribution >= 4 is 83.7 Å². The first kappa shape index (κ1) is 38.3. The number of anilines is 2. The van der Waals surface area contributed by atoms with E-state index in [0.29, 0.717) is 5.41 Å². The molecule has 8 saturated carbocycles. The molecule has 338 valence electrons. The van der Waals surface area contributed by atoms with Crippen LogP contribution in [0.1, 0.15) is 88.2 Å². The molecule has 10 aliphatic rings. The molecule has 3 nitrogen and oxygen atoms in total. The number of hydrogen-bond donors (Lipinski definition) is 0. The first-order valence-electron chi connectivity index (χ1n) is 27.1. The summed E-state index contributed by atoms with van der Waals surface area (Å²) in [6.07, 6.45) is 17.0. The molecule has 2 aromatic heterocycles. The third-order valence-electron chi connectivity index (χ3n) is 20.6. The van der Waals surface area contributed by atoms with E-state index in [4.69, 9.17) is 4.42 Å². The van der Waals surface area contributed by atoms with Gasteiger partial charge >= 0.3 is 6.85 Å². The maximum Gasteiger partial charge on any atom is 0.333 e. The summed E-state index contributed by atoms with van der Waals surface area (Å²) in [5.41, 5.74) is 20.2. The topological polar surface area (TPSA) is 21.3 Å². The van der Waals surface area contributed by atoms with Crippen LogP contribution in [0.4, 0.5) is 11.4 Å².